The number of nitrogens with zero attached hydrogens (tertiary/aromatic N) is 3. The molecule has 0 aliphatic carbocycles. The number of likely N-dealkylation sites (tertiary alicyclic amines) is 1. The van der Waals surface area contributed by atoms with Crippen molar-refractivity contribution in [3.05, 3.63) is 35.9 Å². The Labute approximate surface area is 141 Å². The summed E-state index contributed by atoms with van der Waals surface area (Å²) in [4.78, 5) is 28.6. The monoisotopic (exact) mass is 333 g/mol. The maximum atomic E-state index is 12.0. The van der Waals surface area contributed by atoms with Crippen molar-refractivity contribution in [2.45, 2.75) is 25.6 Å². The van der Waals surface area contributed by atoms with Gasteiger partial charge in [-0.2, -0.15) is 0 Å². The van der Waals surface area contributed by atoms with Crippen molar-refractivity contribution in [3.8, 4) is 0 Å². The molecular formula is C17H23N3O4. The number of carbonyl (C=O) groups excluding carboxylic acids is 1. The highest BCUT2D eigenvalue weighted by Gasteiger charge is 2.39. The molecule has 2 aliphatic heterocycles. The van der Waals surface area contributed by atoms with E-state index in [0.717, 1.165) is 5.56 Å². The van der Waals surface area contributed by atoms with Crippen LogP contribution in [0.5, 0.6) is 0 Å². The minimum atomic E-state index is -0.859. The van der Waals surface area contributed by atoms with Gasteiger partial charge in [0, 0.05) is 44.8 Å². The number of benzene rings is 1. The summed E-state index contributed by atoms with van der Waals surface area (Å²) in [6.07, 6.45) is -1.14. The third kappa shape index (κ3) is 3.62. The van der Waals surface area contributed by atoms with E-state index in [-0.39, 0.29) is 18.7 Å². The van der Waals surface area contributed by atoms with Crippen molar-refractivity contribution in [2.75, 3.05) is 32.7 Å². The first-order valence-corrected chi connectivity index (χ1v) is 8.24. The quantitative estimate of drug-likeness (QED) is 0.911. The lowest BCUT2D eigenvalue weighted by Gasteiger charge is -2.48. The van der Waals surface area contributed by atoms with Crippen LogP contribution in [-0.4, -0.2) is 76.8 Å². The number of piperazine rings is 1. The highest BCUT2D eigenvalue weighted by Crippen LogP contribution is 2.20. The number of carboxylic acid groups (broad SMARTS) is 1. The fourth-order valence-electron chi connectivity index (χ4n) is 3.25. The zero-order valence-electron chi connectivity index (χ0n) is 13.8. The SMILES string of the molecule is CC1CN(C2CN(C(=O)OCc3ccccc3)C2)CCN1C(=O)O. The topological polar surface area (TPSA) is 73.3 Å². The smallest absolute Gasteiger partial charge is 0.410 e. The van der Waals surface area contributed by atoms with Gasteiger partial charge in [-0.1, -0.05) is 30.3 Å². The van der Waals surface area contributed by atoms with Gasteiger partial charge in [0.1, 0.15) is 6.61 Å². The van der Waals surface area contributed by atoms with Crippen LogP contribution in [0.15, 0.2) is 30.3 Å². The maximum absolute atomic E-state index is 12.0. The fourth-order valence-corrected chi connectivity index (χ4v) is 3.25. The normalized spacial score (nSPS) is 22.1. The molecule has 2 saturated heterocycles. The average molecular weight is 333 g/mol. The average Bonchev–Trinajstić information content (AvgIpc) is 2.52. The molecule has 1 atom stereocenters. The van der Waals surface area contributed by atoms with Crippen molar-refractivity contribution in [3.63, 3.8) is 0 Å². The number of hydrogen-bond donors (Lipinski definition) is 1. The van der Waals surface area contributed by atoms with E-state index >= 15 is 0 Å². The number of carbonyl (C=O) groups is 2. The molecule has 7 heteroatoms. The molecule has 2 aliphatic rings. The van der Waals surface area contributed by atoms with E-state index in [2.05, 4.69) is 4.90 Å². The second kappa shape index (κ2) is 7.09. The maximum Gasteiger partial charge on any atom is 0.410 e. The minimum Gasteiger partial charge on any atom is -0.465 e. The van der Waals surface area contributed by atoms with Crippen LogP contribution in [0.3, 0.4) is 0 Å². The van der Waals surface area contributed by atoms with E-state index in [1.807, 2.05) is 37.3 Å². The van der Waals surface area contributed by atoms with E-state index < -0.39 is 6.09 Å². The van der Waals surface area contributed by atoms with Gasteiger partial charge in [0.05, 0.1) is 0 Å². The first-order valence-electron chi connectivity index (χ1n) is 8.24. The largest absolute Gasteiger partial charge is 0.465 e. The van der Waals surface area contributed by atoms with Gasteiger partial charge in [-0.05, 0) is 12.5 Å². The molecule has 7 nitrogen and oxygen atoms in total. The summed E-state index contributed by atoms with van der Waals surface area (Å²) < 4.78 is 5.32. The molecule has 1 N–H and O–H groups in total. The van der Waals surface area contributed by atoms with E-state index in [1.165, 1.54) is 4.90 Å². The third-order valence-corrected chi connectivity index (χ3v) is 4.75. The van der Waals surface area contributed by atoms with E-state index in [4.69, 9.17) is 9.84 Å². The molecule has 2 fully saturated rings. The standard InChI is InChI=1S/C17H23N3O4/c1-13-9-18(7-8-20(13)16(21)22)15-10-19(11-15)17(23)24-12-14-5-3-2-4-6-14/h2-6,13,15H,7-12H2,1H3,(H,21,22). The van der Waals surface area contributed by atoms with Gasteiger partial charge in [-0.3, -0.25) is 4.90 Å². The Morgan fingerprint density at radius 1 is 1.17 bits per heavy atom. The van der Waals surface area contributed by atoms with E-state index in [0.29, 0.717) is 38.8 Å². The Hall–Kier alpha value is -2.28. The lowest BCUT2D eigenvalue weighted by Crippen LogP contribution is -2.66. The molecule has 0 spiro atoms. The molecule has 0 bridgehead atoms. The molecule has 0 radical (unpaired) electrons. The zero-order chi connectivity index (χ0) is 17.1. The molecular weight excluding hydrogens is 310 g/mol. The number of ether oxygens (including phenoxy) is 1. The van der Waals surface area contributed by atoms with Crippen LogP contribution in [0, 0.1) is 0 Å². The summed E-state index contributed by atoms with van der Waals surface area (Å²) in [6.45, 7) is 5.45. The molecule has 1 aromatic carbocycles. The Bertz CT molecular complexity index is 589. The van der Waals surface area contributed by atoms with Crippen LogP contribution >= 0.6 is 0 Å². The number of hydrogen-bond acceptors (Lipinski definition) is 4. The summed E-state index contributed by atoms with van der Waals surface area (Å²) in [6, 6.07) is 9.89. The number of rotatable bonds is 3. The van der Waals surface area contributed by atoms with E-state index in [9.17, 15) is 9.59 Å². The Balaban J connectivity index is 1.41. The molecule has 0 aromatic heterocycles. The first kappa shape index (κ1) is 16.6. The summed E-state index contributed by atoms with van der Waals surface area (Å²) in [7, 11) is 0. The summed E-state index contributed by atoms with van der Waals surface area (Å²) in [5.74, 6) is 0. The minimum absolute atomic E-state index is 0.0182. The highest BCUT2D eigenvalue weighted by atomic mass is 16.6. The Kier molecular flexibility index (Phi) is 4.89. The fraction of sp³-hybridized carbons (Fsp3) is 0.529. The molecule has 2 heterocycles. The van der Waals surface area contributed by atoms with Crippen LogP contribution in [0.1, 0.15) is 12.5 Å². The lowest BCUT2D eigenvalue weighted by molar-refractivity contribution is -0.0106. The molecule has 1 unspecified atom stereocenters. The van der Waals surface area contributed by atoms with Crippen LogP contribution in [0.2, 0.25) is 0 Å². The molecule has 0 saturated carbocycles. The summed E-state index contributed by atoms with van der Waals surface area (Å²) in [5.41, 5.74) is 0.974. The third-order valence-electron chi connectivity index (χ3n) is 4.75. The van der Waals surface area contributed by atoms with Crippen LogP contribution in [-0.2, 0) is 11.3 Å². The van der Waals surface area contributed by atoms with Crippen molar-refractivity contribution in [1.82, 2.24) is 14.7 Å². The van der Waals surface area contributed by atoms with Crippen molar-refractivity contribution < 1.29 is 19.4 Å². The van der Waals surface area contributed by atoms with Gasteiger partial charge in [-0.25, -0.2) is 9.59 Å². The predicted molar refractivity (Wildman–Crippen MR) is 87.8 cm³/mol. The van der Waals surface area contributed by atoms with Gasteiger partial charge < -0.3 is 19.6 Å². The van der Waals surface area contributed by atoms with Crippen LogP contribution in [0.4, 0.5) is 9.59 Å². The Morgan fingerprint density at radius 3 is 2.50 bits per heavy atom. The van der Waals surface area contributed by atoms with Crippen LogP contribution in [0.25, 0.3) is 0 Å². The van der Waals surface area contributed by atoms with Gasteiger partial charge in [0.25, 0.3) is 0 Å². The van der Waals surface area contributed by atoms with Gasteiger partial charge in [0.2, 0.25) is 0 Å². The second-order valence-electron chi connectivity index (χ2n) is 6.42. The van der Waals surface area contributed by atoms with Crippen molar-refractivity contribution >= 4 is 12.2 Å². The molecule has 24 heavy (non-hydrogen) atoms. The lowest BCUT2D eigenvalue weighted by atomic mass is 10.0. The zero-order valence-corrected chi connectivity index (χ0v) is 13.8. The molecule has 3 rings (SSSR count). The van der Waals surface area contributed by atoms with Crippen molar-refractivity contribution in [1.29, 1.82) is 0 Å². The highest BCUT2D eigenvalue weighted by molar-refractivity contribution is 5.69. The molecule has 130 valence electrons. The van der Waals surface area contributed by atoms with Crippen LogP contribution < -0.4 is 0 Å². The first-order chi connectivity index (χ1) is 11.5. The van der Waals surface area contributed by atoms with E-state index in [1.54, 1.807) is 4.90 Å². The molecule has 2 amide bonds. The Morgan fingerprint density at radius 2 is 1.88 bits per heavy atom. The second-order valence-corrected chi connectivity index (χ2v) is 6.42. The summed E-state index contributed by atoms with van der Waals surface area (Å²) in [5, 5.41) is 9.11. The predicted octanol–water partition coefficient (Wildman–Crippen LogP) is 1.69. The van der Waals surface area contributed by atoms with Gasteiger partial charge in [-0.15, -0.1) is 0 Å². The van der Waals surface area contributed by atoms with Gasteiger partial charge in [0.15, 0.2) is 0 Å². The summed E-state index contributed by atoms with van der Waals surface area (Å²) >= 11 is 0. The van der Waals surface area contributed by atoms with Crippen molar-refractivity contribution in [2.24, 2.45) is 0 Å². The van der Waals surface area contributed by atoms with Gasteiger partial charge >= 0.3 is 12.2 Å². The molecule has 1 aromatic rings. The number of amides is 2.